The van der Waals surface area contributed by atoms with Crippen molar-refractivity contribution in [3.05, 3.63) is 58.1 Å². The molecule has 2 rings (SSSR count). The van der Waals surface area contributed by atoms with Gasteiger partial charge in [0, 0.05) is 36.2 Å². The van der Waals surface area contributed by atoms with Gasteiger partial charge in [0.2, 0.25) is 0 Å². The fourth-order valence-corrected chi connectivity index (χ4v) is 2.89. The number of benzene rings is 2. The lowest BCUT2D eigenvalue weighted by Crippen LogP contribution is -2.08. The summed E-state index contributed by atoms with van der Waals surface area (Å²) < 4.78 is 0. The highest BCUT2D eigenvalue weighted by atomic mass is 35.5. The Morgan fingerprint density at radius 2 is 2.00 bits per heavy atom. The van der Waals surface area contributed by atoms with Gasteiger partial charge in [0.25, 0.3) is 0 Å². The smallest absolute Gasteiger partial charge is 0.0429 e. The highest BCUT2D eigenvalue weighted by Crippen LogP contribution is 2.28. The highest BCUT2D eigenvalue weighted by Gasteiger charge is 2.13. The van der Waals surface area contributed by atoms with Crippen molar-refractivity contribution >= 4 is 28.7 Å². The summed E-state index contributed by atoms with van der Waals surface area (Å²) in [5.41, 5.74) is 12.2. The molecule has 0 aromatic heterocycles. The van der Waals surface area contributed by atoms with Crippen molar-refractivity contribution in [3.63, 3.8) is 0 Å². The third-order valence-electron chi connectivity index (χ3n) is 4.15. The van der Waals surface area contributed by atoms with Gasteiger partial charge in [-0.3, -0.25) is 4.99 Å². The average Bonchev–Trinajstić information content (AvgIpc) is 2.54. The van der Waals surface area contributed by atoms with E-state index < -0.39 is 0 Å². The molecule has 3 N–H and O–H groups in total. The Hall–Kier alpha value is -2.00. The van der Waals surface area contributed by atoms with Gasteiger partial charge in [-0.25, -0.2) is 0 Å². The first-order chi connectivity index (χ1) is 10.9. The predicted molar refractivity (Wildman–Crippen MR) is 102 cm³/mol. The monoisotopic (exact) mass is 329 g/mol. The number of aliphatic imine (C=N–C) groups is 1. The number of rotatable bonds is 5. The fourth-order valence-electron chi connectivity index (χ4n) is 2.64. The van der Waals surface area contributed by atoms with Crippen molar-refractivity contribution in [3.8, 4) is 0 Å². The second-order valence-electron chi connectivity index (χ2n) is 5.87. The number of hydrogen-bond donors (Lipinski definition) is 2. The molecule has 2 aromatic rings. The van der Waals surface area contributed by atoms with Crippen LogP contribution in [0.25, 0.3) is 0 Å². The van der Waals surface area contributed by atoms with E-state index in [9.17, 15) is 0 Å². The van der Waals surface area contributed by atoms with E-state index in [2.05, 4.69) is 29.4 Å². The summed E-state index contributed by atoms with van der Waals surface area (Å²) in [5.74, 6) is 0.317. The largest absolute Gasteiger partial charge is 0.399 e. The summed E-state index contributed by atoms with van der Waals surface area (Å²) in [6.07, 6.45) is 0.851. The van der Waals surface area contributed by atoms with E-state index in [1.807, 2.05) is 45.3 Å². The lowest BCUT2D eigenvalue weighted by molar-refractivity contribution is 0.804. The Labute approximate surface area is 143 Å². The van der Waals surface area contributed by atoms with Crippen molar-refractivity contribution in [2.24, 2.45) is 4.99 Å². The van der Waals surface area contributed by atoms with Crippen LogP contribution in [0.3, 0.4) is 0 Å². The third kappa shape index (κ3) is 4.26. The van der Waals surface area contributed by atoms with Crippen LogP contribution in [0.5, 0.6) is 0 Å². The van der Waals surface area contributed by atoms with Gasteiger partial charge in [0.05, 0.1) is 0 Å². The van der Waals surface area contributed by atoms with Crippen LogP contribution in [0.4, 0.5) is 11.4 Å². The SMILES string of the molecule is CN=C(CC(C)c1cc(Cl)cc(NC)c1)c1ccc(N)c(C)c1. The molecule has 0 heterocycles. The second kappa shape index (κ2) is 7.51. The molecule has 23 heavy (non-hydrogen) atoms. The van der Waals surface area contributed by atoms with E-state index in [1.165, 1.54) is 5.56 Å². The summed E-state index contributed by atoms with van der Waals surface area (Å²) in [5, 5.41) is 3.89. The van der Waals surface area contributed by atoms with Crippen molar-refractivity contribution in [2.75, 3.05) is 25.1 Å². The van der Waals surface area contributed by atoms with Gasteiger partial charge in [-0.2, -0.15) is 0 Å². The first-order valence-electron chi connectivity index (χ1n) is 7.75. The summed E-state index contributed by atoms with van der Waals surface area (Å²) in [6, 6.07) is 12.2. The normalized spacial score (nSPS) is 13.0. The Balaban J connectivity index is 2.25. The zero-order valence-corrected chi connectivity index (χ0v) is 14.9. The van der Waals surface area contributed by atoms with Crippen LogP contribution in [0, 0.1) is 6.92 Å². The molecule has 0 spiro atoms. The number of hydrogen-bond acceptors (Lipinski definition) is 3. The molecule has 2 aromatic carbocycles. The van der Waals surface area contributed by atoms with Gasteiger partial charge < -0.3 is 11.1 Å². The maximum atomic E-state index is 6.21. The first-order valence-corrected chi connectivity index (χ1v) is 8.12. The summed E-state index contributed by atoms with van der Waals surface area (Å²) in [7, 11) is 3.74. The predicted octanol–water partition coefficient (Wildman–Crippen LogP) is 4.89. The summed E-state index contributed by atoms with van der Waals surface area (Å²) in [6.45, 7) is 4.21. The van der Waals surface area contributed by atoms with Crippen LogP contribution >= 0.6 is 11.6 Å². The van der Waals surface area contributed by atoms with Crippen LogP contribution in [-0.2, 0) is 0 Å². The molecule has 0 aliphatic rings. The Bertz CT molecular complexity index is 723. The second-order valence-corrected chi connectivity index (χ2v) is 6.31. The van der Waals surface area contributed by atoms with Gasteiger partial charge in [-0.1, -0.05) is 24.6 Å². The van der Waals surface area contributed by atoms with Gasteiger partial charge in [-0.15, -0.1) is 0 Å². The third-order valence-corrected chi connectivity index (χ3v) is 4.37. The van der Waals surface area contributed by atoms with Crippen molar-refractivity contribution in [1.29, 1.82) is 0 Å². The number of nitrogens with two attached hydrogens (primary N) is 1. The molecule has 0 aliphatic heterocycles. The highest BCUT2D eigenvalue weighted by molar-refractivity contribution is 6.31. The molecule has 1 atom stereocenters. The Kier molecular flexibility index (Phi) is 5.67. The molecule has 122 valence electrons. The zero-order chi connectivity index (χ0) is 17.0. The maximum absolute atomic E-state index is 6.21. The number of nitrogen functional groups attached to an aromatic ring is 1. The van der Waals surface area contributed by atoms with Crippen LogP contribution in [-0.4, -0.2) is 19.8 Å². The zero-order valence-electron chi connectivity index (χ0n) is 14.2. The van der Waals surface area contributed by atoms with E-state index >= 15 is 0 Å². The molecule has 4 heteroatoms. The molecule has 0 radical (unpaired) electrons. The van der Waals surface area contributed by atoms with Crippen LogP contribution < -0.4 is 11.1 Å². The molecule has 0 fully saturated rings. The van der Waals surface area contributed by atoms with Crippen LogP contribution in [0.1, 0.15) is 36.0 Å². The fraction of sp³-hybridized carbons (Fsp3) is 0.316. The standard InChI is InChI=1S/C19H24ClN3/c1-12(15-9-16(20)11-17(10-15)22-3)8-19(23-4)14-5-6-18(21)13(2)7-14/h5-7,9-12,22H,8,21H2,1-4H3. The molecule has 0 amide bonds. The molecular weight excluding hydrogens is 306 g/mol. The molecule has 1 unspecified atom stereocenters. The summed E-state index contributed by atoms with van der Waals surface area (Å²) >= 11 is 6.21. The lowest BCUT2D eigenvalue weighted by Gasteiger charge is -2.16. The van der Waals surface area contributed by atoms with E-state index in [1.54, 1.807) is 0 Å². The van der Waals surface area contributed by atoms with Gasteiger partial charge in [0.1, 0.15) is 0 Å². The van der Waals surface area contributed by atoms with E-state index in [4.69, 9.17) is 17.3 Å². The Morgan fingerprint density at radius 3 is 2.61 bits per heavy atom. The molecule has 0 bridgehead atoms. The van der Waals surface area contributed by atoms with Crippen molar-refractivity contribution in [2.45, 2.75) is 26.2 Å². The quantitative estimate of drug-likeness (QED) is 0.606. The number of nitrogens with zero attached hydrogens (tertiary/aromatic N) is 1. The average molecular weight is 330 g/mol. The van der Waals surface area contributed by atoms with E-state index in [0.29, 0.717) is 5.92 Å². The van der Waals surface area contributed by atoms with E-state index in [-0.39, 0.29) is 0 Å². The number of anilines is 2. The minimum atomic E-state index is 0.317. The minimum Gasteiger partial charge on any atom is -0.399 e. The number of halogens is 1. The maximum Gasteiger partial charge on any atom is 0.0429 e. The van der Waals surface area contributed by atoms with Crippen LogP contribution in [0.15, 0.2) is 41.4 Å². The van der Waals surface area contributed by atoms with Crippen molar-refractivity contribution in [1.82, 2.24) is 0 Å². The molecular formula is C19H24ClN3. The van der Waals surface area contributed by atoms with Crippen molar-refractivity contribution < 1.29 is 0 Å². The lowest BCUT2D eigenvalue weighted by atomic mass is 9.91. The molecule has 0 saturated carbocycles. The Morgan fingerprint density at radius 1 is 1.26 bits per heavy atom. The van der Waals surface area contributed by atoms with Gasteiger partial charge in [-0.05, 0) is 66.3 Å². The number of nitrogens with one attached hydrogen (secondary N) is 1. The van der Waals surface area contributed by atoms with Gasteiger partial charge in [0.15, 0.2) is 0 Å². The van der Waals surface area contributed by atoms with E-state index in [0.717, 1.165) is 39.7 Å². The molecule has 0 aliphatic carbocycles. The number of aryl methyl sites for hydroxylation is 1. The minimum absolute atomic E-state index is 0.317. The van der Waals surface area contributed by atoms with Gasteiger partial charge >= 0.3 is 0 Å². The van der Waals surface area contributed by atoms with Crippen LogP contribution in [0.2, 0.25) is 5.02 Å². The topological polar surface area (TPSA) is 50.4 Å². The molecule has 0 saturated heterocycles. The molecule has 3 nitrogen and oxygen atoms in total. The first kappa shape index (κ1) is 17.4. The summed E-state index contributed by atoms with van der Waals surface area (Å²) in [4.78, 5) is 4.49.